The Kier molecular flexibility index (Phi) is 14.5. The smallest absolute Gasteiger partial charge is 0.262 e. The molecule has 0 aliphatic carbocycles. The highest BCUT2D eigenvalue weighted by atomic mass is 35.5. The summed E-state index contributed by atoms with van der Waals surface area (Å²) in [5, 5.41) is 11.8. The van der Waals surface area contributed by atoms with Crippen molar-refractivity contribution in [2.75, 3.05) is 55.2 Å². The second-order valence-electron chi connectivity index (χ2n) is 18.5. The summed E-state index contributed by atoms with van der Waals surface area (Å²) in [5.41, 5.74) is 4.83. The molecule has 18 heteroatoms. The Labute approximate surface area is 397 Å². The van der Waals surface area contributed by atoms with Gasteiger partial charge in [0.15, 0.2) is 15.7 Å². The van der Waals surface area contributed by atoms with Crippen molar-refractivity contribution in [1.82, 2.24) is 30.0 Å². The maximum atomic E-state index is 13.2. The third-order valence-electron chi connectivity index (χ3n) is 13.3. The highest BCUT2D eigenvalue weighted by Gasteiger charge is 2.44. The molecule has 4 aliphatic heterocycles. The standard InChI is InChI=1S/C49H60ClN9O7S/c1-29(2)66-42-27-36(31(5)25-40(42)54-49-52-28-38(50)45(56-49)53-39-9-6-7-10-43(39)67(64,65)30(3)4)32-15-23-58(24-16-32)34-17-21-57(22-18-34)20-8-19-51-33-11-12-35-37(26-33)48(63)59(47(35)62)41-13-14-44(60)55-46(41)61/h6-7,9-12,25-30,32,34,41,51H,8,13-24H2,1-5H3,(H,55,60,61)(H2,52,53,54,56). The predicted molar refractivity (Wildman–Crippen MR) is 259 cm³/mol. The Hall–Kier alpha value is -5.62. The van der Waals surface area contributed by atoms with E-state index in [1.54, 1.807) is 56.3 Å². The molecule has 3 fully saturated rings. The van der Waals surface area contributed by atoms with Gasteiger partial charge in [0, 0.05) is 24.7 Å². The monoisotopic (exact) mass is 953 g/mol. The van der Waals surface area contributed by atoms with E-state index in [-0.39, 0.29) is 51.8 Å². The maximum Gasteiger partial charge on any atom is 0.262 e. The number of hydrogen-bond acceptors (Lipinski definition) is 14. The molecule has 4 N–H and O–H groups in total. The van der Waals surface area contributed by atoms with Gasteiger partial charge in [0.2, 0.25) is 17.8 Å². The number of ether oxygens (including phenoxy) is 1. The molecule has 1 atom stereocenters. The van der Waals surface area contributed by atoms with Crippen LogP contribution in [-0.2, 0) is 19.4 Å². The van der Waals surface area contributed by atoms with Crippen molar-refractivity contribution in [3.63, 3.8) is 0 Å². The number of fused-ring (bicyclic) bond motifs is 1. The molecule has 0 bridgehead atoms. The molecule has 67 heavy (non-hydrogen) atoms. The molecule has 356 valence electrons. The van der Waals surface area contributed by atoms with Crippen molar-refractivity contribution < 1.29 is 32.3 Å². The molecule has 8 rings (SSSR count). The van der Waals surface area contributed by atoms with Crippen molar-refractivity contribution in [2.24, 2.45) is 0 Å². The molecule has 16 nitrogen and oxygen atoms in total. The summed E-state index contributed by atoms with van der Waals surface area (Å²) in [6, 6.07) is 15.7. The average molecular weight is 955 g/mol. The maximum absolute atomic E-state index is 13.2. The van der Waals surface area contributed by atoms with Gasteiger partial charge in [-0.25, -0.2) is 13.4 Å². The average Bonchev–Trinajstić information content (AvgIpc) is 3.54. The van der Waals surface area contributed by atoms with Crippen LogP contribution < -0.4 is 26.0 Å². The molecule has 5 heterocycles. The Morgan fingerprint density at radius 1 is 0.866 bits per heavy atom. The Balaban J connectivity index is 0.815. The number of imide groups is 2. The number of hydrogen-bond donors (Lipinski definition) is 4. The highest BCUT2D eigenvalue weighted by Crippen LogP contribution is 2.39. The van der Waals surface area contributed by atoms with Crippen LogP contribution in [0.3, 0.4) is 0 Å². The zero-order chi connectivity index (χ0) is 47.6. The summed E-state index contributed by atoms with van der Waals surface area (Å²) in [7, 11) is -3.58. The number of likely N-dealkylation sites (tertiary alicyclic amines) is 2. The number of nitrogens with one attached hydrogen (secondary N) is 4. The highest BCUT2D eigenvalue weighted by molar-refractivity contribution is 7.92. The molecule has 0 spiro atoms. The van der Waals surface area contributed by atoms with E-state index in [0.717, 1.165) is 86.7 Å². The molecule has 3 aromatic carbocycles. The van der Waals surface area contributed by atoms with Gasteiger partial charge in [0.1, 0.15) is 16.8 Å². The first kappa shape index (κ1) is 47.9. The van der Waals surface area contributed by atoms with Crippen molar-refractivity contribution in [3.05, 3.63) is 88.1 Å². The van der Waals surface area contributed by atoms with Gasteiger partial charge in [-0.15, -0.1) is 0 Å². The molecule has 0 saturated carbocycles. The molecule has 4 amide bonds. The molecule has 0 radical (unpaired) electrons. The fourth-order valence-electron chi connectivity index (χ4n) is 9.63. The van der Waals surface area contributed by atoms with Gasteiger partial charge >= 0.3 is 0 Å². The summed E-state index contributed by atoms with van der Waals surface area (Å²) in [6.45, 7) is 15.3. The predicted octanol–water partition coefficient (Wildman–Crippen LogP) is 7.44. The van der Waals surface area contributed by atoms with Crippen LogP contribution in [0.4, 0.5) is 28.8 Å². The van der Waals surface area contributed by atoms with Gasteiger partial charge in [0.25, 0.3) is 11.8 Å². The number of carbonyl (C=O) groups excluding carboxylic acids is 4. The number of piperidine rings is 3. The number of sulfone groups is 1. The van der Waals surface area contributed by atoms with Crippen LogP contribution in [-0.4, -0.2) is 119 Å². The largest absolute Gasteiger partial charge is 0.489 e. The van der Waals surface area contributed by atoms with Crippen molar-refractivity contribution in [3.8, 4) is 5.75 Å². The zero-order valence-electron chi connectivity index (χ0n) is 38.7. The van der Waals surface area contributed by atoms with Crippen LogP contribution in [0.15, 0.2) is 65.7 Å². The van der Waals surface area contributed by atoms with E-state index in [4.69, 9.17) is 16.3 Å². The number of benzene rings is 3. The van der Waals surface area contributed by atoms with Gasteiger partial charge in [-0.3, -0.25) is 29.4 Å². The second kappa shape index (κ2) is 20.3. The van der Waals surface area contributed by atoms with Crippen LogP contribution in [0.5, 0.6) is 5.75 Å². The van der Waals surface area contributed by atoms with E-state index in [0.29, 0.717) is 29.9 Å². The fraction of sp³-hybridized carbons (Fsp3) is 0.469. The SMILES string of the molecule is Cc1cc(Nc2ncc(Cl)c(Nc3ccccc3S(=O)(=O)C(C)C)n2)c(OC(C)C)cc1C1CCN(C2CCN(CCCNc3ccc4c(c3)C(=O)N(C3CCC(=O)NC3=O)C4=O)CC2)CC1. The lowest BCUT2D eigenvalue weighted by Crippen LogP contribution is -2.54. The van der Waals surface area contributed by atoms with Crippen molar-refractivity contribution in [1.29, 1.82) is 0 Å². The summed E-state index contributed by atoms with van der Waals surface area (Å²) >= 11 is 6.53. The molecule has 3 saturated heterocycles. The lowest BCUT2D eigenvalue weighted by molar-refractivity contribution is -0.136. The summed E-state index contributed by atoms with van der Waals surface area (Å²) in [6.07, 6.45) is 6.91. The normalized spacial score (nSPS) is 19.0. The van der Waals surface area contributed by atoms with Crippen LogP contribution in [0.25, 0.3) is 0 Å². The zero-order valence-corrected chi connectivity index (χ0v) is 40.3. The van der Waals surface area contributed by atoms with E-state index in [9.17, 15) is 27.6 Å². The number of rotatable bonds is 16. The number of para-hydroxylation sites is 1. The van der Waals surface area contributed by atoms with Crippen LogP contribution in [0.2, 0.25) is 5.02 Å². The number of nitrogens with zero attached hydrogens (tertiary/aromatic N) is 5. The Bertz CT molecular complexity index is 2650. The van der Waals surface area contributed by atoms with Gasteiger partial charge in [0.05, 0.1) is 44.9 Å². The minimum Gasteiger partial charge on any atom is -0.489 e. The second-order valence-corrected chi connectivity index (χ2v) is 21.4. The number of carbonyl (C=O) groups is 4. The lowest BCUT2D eigenvalue weighted by atomic mass is 9.85. The molecule has 1 aromatic heterocycles. The van der Waals surface area contributed by atoms with Gasteiger partial charge in [-0.05, 0) is 165 Å². The molecular weight excluding hydrogens is 894 g/mol. The summed E-state index contributed by atoms with van der Waals surface area (Å²) < 4.78 is 32.6. The topological polar surface area (TPSA) is 195 Å². The number of halogens is 1. The first-order chi connectivity index (χ1) is 32.1. The van der Waals surface area contributed by atoms with Gasteiger partial charge < -0.3 is 30.5 Å². The van der Waals surface area contributed by atoms with Crippen LogP contribution >= 0.6 is 11.6 Å². The van der Waals surface area contributed by atoms with Crippen molar-refractivity contribution >= 4 is 73.9 Å². The molecular formula is C49H60ClN9O7S. The van der Waals surface area contributed by atoms with E-state index in [2.05, 4.69) is 60.1 Å². The summed E-state index contributed by atoms with van der Waals surface area (Å²) in [4.78, 5) is 65.8. The fourth-order valence-corrected chi connectivity index (χ4v) is 11.0. The minimum absolute atomic E-state index is 0.0748. The molecule has 1 unspecified atom stereocenters. The lowest BCUT2D eigenvalue weighted by Gasteiger charge is -2.42. The Morgan fingerprint density at radius 2 is 1.60 bits per heavy atom. The molecule has 4 aliphatic rings. The number of amides is 4. The summed E-state index contributed by atoms with van der Waals surface area (Å²) in [5.74, 6) is -0.369. The number of anilines is 5. The minimum atomic E-state index is -3.58. The first-order valence-corrected chi connectivity index (χ1v) is 25.3. The quantitative estimate of drug-likeness (QED) is 0.0639. The van der Waals surface area contributed by atoms with Gasteiger partial charge in [-0.2, -0.15) is 4.98 Å². The Morgan fingerprint density at radius 3 is 2.31 bits per heavy atom. The first-order valence-electron chi connectivity index (χ1n) is 23.3. The van der Waals surface area contributed by atoms with E-state index in [1.165, 1.54) is 11.8 Å². The van der Waals surface area contributed by atoms with Crippen molar-refractivity contribution in [2.45, 2.75) is 114 Å². The number of aryl methyl sites for hydroxylation is 1. The van der Waals surface area contributed by atoms with E-state index < -0.39 is 44.8 Å². The van der Waals surface area contributed by atoms with E-state index >= 15 is 0 Å². The van der Waals surface area contributed by atoms with Crippen LogP contribution in [0.1, 0.15) is 110 Å². The number of aromatic nitrogens is 2. The van der Waals surface area contributed by atoms with E-state index in [1.807, 2.05) is 13.8 Å². The third-order valence-corrected chi connectivity index (χ3v) is 15.7. The molecule has 4 aromatic rings. The van der Waals surface area contributed by atoms with Crippen LogP contribution in [0, 0.1) is 6.92 Å². The van der Waals surface area contributed by atoms with Gasteiger partial charge in [-0.1, -0.05) is 23.7 Å². The third kappa shape index (κ3) is 10.6.